The number of hydrogen-bond donors (Lipinski definition) is 1. The van der Waals surface area contributed by atoms with Gasteiger partial charge in [-0.3, -0.25) is 0 Å². The van der Waals surface area contributed by atoms with Crippen LogP contribution in [-0.4, -0.2) is 35.9 Å². The van der Waals surface area contributed by atoms with E-state index in [1.165, 1.54) is 19.2 Å². The van der Waals surface area contributed by atoms with Crippen molar-refractivity contribution >= 4 is 5.97 Å². The van der Waals surface area contributed by atoms with Crippen molar-refractivity contribution in [1.82, 2.24) is 4.98 Å². The number of aliphatic hydroxyl groups excluding tert-OH is 1. The van der Waals surface area contributed by atoms with Crippen molar-refractivity contribution < 1.29 is 28.2 Å². The molecule has 2 aromatic rings. The van der Waals surface area contributed by atoms with Gasteiger partial charge in [-0.1, -0.05) is 0 Å². The van der Waals surface area contributed by atoms with Gasteiger partial charge in [0, 0.05) is 17.2 Å². The van der Waals surface area contributed by atoms with E-state index in [2.05, 4.69) is 9.72 Å². The Balaban J connectivity index is 2.18. The van der Waals surface area contributed by atoms with Crippen LogP contribution < -0.4 is 4.74 Å². The molecule has 1 atom stereocenters. The fourth-order valence-electron chi connectivity index (χ4n) is 2.70. The molecular formula is C17H15F2NO4. The molecule has 1 unspecified atom stereocenters. The van der Waals surface area contributed by atoms with Crippen molar-refractivity contribution in [3.05, 3.63) is 47.2 Å². The summed E-state index contributed by atoms with van der Waals surface area (Å²) in [5, 5.41) is 9.26. The van der Waals surface area contributed by atoms with E-state index in [1.807, 2.05) is 0 Å². The van der Waals surface area contributed by atoms with Gasteiger partial charge in [0.25, 0.3) is 0 Å². The molecule has 3 rings (SSSR count). The Labute approximate surface area is 136 Å². The zero-order valence-electron chi connectivity index (χ0n) is 12.9. The number of methoxy groups -OCH3 is 1. The average molecular weight is 335 g/mol. The lowest BCUT2D eigenvalue weighted by Crippen LogP contribution is -2.27. The van der Waals surface area contributed by atoms with Gasteiger partial charge >= 0.3 is 5.97 Å². The second-order valence-electron chi connectivity index (χ2n) is 5.42. The molecule has 0 aliphatic carbocycles. The molecule has 1 aliphatic heterocycles. The van der Waals surface area contributed by atoms with Crippen molar-refractivity contribution in [2.24, 2.45) is 0 Å². The number of ether oxygens (including phenoxy) is 2. The third-order valence-electron chi connectivity index (χ3n) is 3.90. The van der Waals surface area contributed by atoms with Crippen molar-refractivity contribution in [1.29, 1.82) is 0 Å². The zero-order chi connectivity index (χ0) is 17.3. The topological polar surface area (TPSA) is 68.7 Å². The molecule has 0 spiro atoms. The predicted octanol–water partition coefficient (Wildman–Crippen LogP) is 2.50. The molecule has 0 amide bonds. The lowest BCUT2D eigenvalue weighted by Gasteiger charge is -2.26. The molecule has 0 fully saturated rings. The molecule has 7 heteroatoms. The summed E-state index contributed by atoms with van der Waals surface area (Å²) in [6.07, 6.45) is 0.573. The highest BCUT2D eigenvalue weighted by Gasteiger charge is 2.27. The van der Waals surface area contributed by atoms with Gasteiger partial charge in [-0.2, -0.15) is 0 Å². The molecule has 0 saturated heterocycles. The fraction of sp³-hybridized carbons (Fsp3) is 0.294. The normalized spacial score (nSPS) is 16.2. The minimum Gasteiger partial charge on any atom is -0.472 e. The number of rotatable bonds is 3. The van der Waals surface area contributed by atoms with Crippen molar-refractivity contribution in [3.63, 3.8) is 0 Å². The third kappa shape index (κ3) is 2.94. The fourth-order valence-corrected chi connectivity index (χ4v) is 2.70. The summed E-state index contributed by atoms with van der Waals surface area (Å²) in [5.74, 6) is -1.98. The molecule has 2 heterocycles. The highest BCUT2D eigenvalue weighted by molar-refractivity contribution is 5.90. The Morgan fingerprint density at radius 1 is 1.38 bits per heavy atom. The Kier molecular flexibility index (Phi) is 4.44. The number of carbonyl (C=O) groups is 1. The van der Waals surface area contributed by atoms with Gasteiger partial charge in [0.15, 0.2) is 5.69 Å². The first kappa shape index (κ1) is 16.3. The molecule has 1 N–H and O–H groups in total. The first-order valence-electron chi connectivity index (χ1n) is 7.38. The number of aliphatic hydroxyl groups is 1. The molecule has 1 aromatic heterocycles. The monoisotopic (exact) mass is 335 g/mol. The molecule has 0 bridgehead atoms. The van der Waals surface area contributed by atoms with Gasteiger partial charge in [-0.05, 0) is 36.6 Å². The first-order valence-corrected chi connectivity index (χ1v) is 7.38. The number of aromatic nitrogens is 1. The van der Waals surface area contributed by atoms with Crippen LogP contribution in [-0.2, 0) is 11.2 Å². The largest absolute Gasteiger partial charge is 0.472 e. The van der Waals surface area contributed by atoms with Gasteiger partial charge in [0.1, 0.15) is 17.7 Å². The van der Waals surface area contributed by atoms with Crippen LogP contribution in [0.3, 0.4) is 0 Å². The van der Waals surface area contributed by atoms with E-state index < -0.39 is 23.7 Å². The maximum absolute atomic E-state index is 14.2. The van der Waals surface area contributed by atoms with Gasteiger partial charge in [0.2, 0.25) is 5.88 Å². The maximum Gasteiger partial charge on any atom is 0.356 e. The van der Waals surface area contributed by atoms with Crippen LogP contribution >= 0.6 is 0 Å². The van der Waals surface area contributed by atoms with E-state index in [1.54, 1.807) is 0 Å². The van der Waals surface area contributed by atoms with E-state index >= 15 is 0 Å². The highest BCUT2D eigenvalue weighted by atomic mass is 19.1. The number of pyridine rings is 1. The standard InChI is InChI=1S/C17H15F2NO4/c1-23-17(22)15-7-13(11-4-2-9(18)6-14(11)19)12-5-3-10(8-21)24-16(12)20-15/h2,4,6-7,10,21H,3,5,8H2,1H3. The third-order valence-corrected chi connectivity index (χ3v) is 3.90. The quantitative estimate of drug-likeness (QED) is 0.873. The van der Waals surface area contributed by atoms with E-state index in [0.717, 1.165) is 12.1 Å². The van der Waals surface area contributed by atoms with Gasteiger partial charge < -0.3 is 14.6 Å². The smallest absolute Gasteiger partial charge is 0.356 e. The Hall–Kier alpha value is -2.54. The van der Waals surface area contributed by atoms with Crippen molar-refractivity contribution in [2.75, 3.05) is 13.7 Å². The van der Waals surface area contributed by atoms with E-state index in [4.69, 9.17) is 4.74 Å². The van der Waals surface area contributed by atoms with E-state index in [9.17, 15) is 18.7 Å². The summed E-state index contributed by atoms with van der Waals surface area (Å²) >= 11 is 0. The maximum atomic E-state index is 14.2. The minimum atomic E-state index is -0.747. The molecular weight excluding hydrogens is 320 g/mol. The predicted molar refractivity (Wildman–Crippen MR) is 80.8 cm³/mol. The number of fused-ring (bicyclic) bond motifs is 1. The number of benzene rings is 1. The van der Waals surface area contributed by atoms with Crippen LogP contribution in [0.25, 0.3) is 11.1 Å². The number of esters is 1. The Morgan fingerprint density at radius 2 is 2.17 bits per heavy atom. The van der Waals surface area contributed by atoms with Crippen molar-refractivity contribution in [2.45, 2.75) is 18.9 Å². The lowest BCUT2D eigenvalue weighted by atomic mass is 9.94. The Morgan fingerprint density at radius 3 is 2.83 bits per heavy atom. The molecule has 126 valence electrons. The summed E-state index contributed by atoms with van der Waals surface area (Å²) < 4.78 is 37.6. The zero-order valence-corrected chi connectivity index (χ0v) is 12.9. The summed E-state index contributed by atoms with van der Waals surface area (Å²) in [6, 6.07) is 4.63. The molecule has 1 aromatic carbocycles. The van der Waals surface area contributed by atoms with Crippen LogP contribution in [0.2, 0.25) is 0 Å². The second kappa shape index (κ2) is 6.52. The van der Waals surface area contributed by atoms with Gasteiger partial charge in [-0.15, -0.1) is 0 Å². The van der Waals surface area contributed by atoms with Gasteiger partial charge in [0.05, 0.1) is 13.7 Å². The SMILES string of the molecule is COC(=O)c1cc(-c2ccc(F)cc2F)c2c(n1)OC(CO)CC2. The van der Waals surface area contributed by atoms with Crippen LogP contribution in [0.4, 0.5) is 8.78 Å². The summed E-state index contributed by atoms with van der Waals surface area (Å²) in [4.78, 5) is 15.9. The summed E-state index contributed by atoms with van der Waals surface area (Å²) in [7, 11) is 1.21. The first-order chi connectivity index (χ1) is 11.5. The van der Waals surface area contributed by atoms with Crippen LogP contribution in [0.15, 0.2) is 24.3 Å². The van der Waals surface area contributed by atoms with Crippen molar-refractivity contribution in [3.8, 4) is 17.0 Å². The minimum absolute atomic E-state index is 0.0476. The molecule has 0 saturated carbocycles. The molecule has 5 nitrogen and oxygen atoms in total. The molecule has 0 radical (unpaired) electrons. The summed E-state index contributed by atoms with van der Waals surface area (Å²) in [5.41, 5.74) is 1.10. The average Bonchev–Trinajstić information content (AvgIpc) is 2.59. The molecule has 24 heavy (non-hydrogen) atoms. The summed E-state index contributed by atoms with van der Waals surface area (Å²) in [6.45, 7) is -0.191. The van der Waals surface area contributed by atoms with Crippen LogP contribution in [0.1, 0.15) is 22.5 Å². The molecule has 1 aliphatic rings. The lowest BCUT2D eigenvalue weighted by molar-refractivity contribution is 0.0587. The number of carbonyl (C=O) groups excluding carboxylic acids is 1. The second-order valence-corrected chi connectivity index (χ2v) is 5.42. The number of halogens is 2. The van der Waals surface area contributed by atoms with E-state index in [-0.39, 0.29) is 23.7 Å². The van der Waals surface area contributed by atoms with E-state index in [0.29, 0.717) is 24.0 Å². The van der Waals surface area contributed by atoms with Crippen LogP contribution in [0.5, 0.6) is 5.88 Å². The van der Waals surface area contributed by atoms with Gasteiger partial charge in [-0.25, -0.2) is 18.6 Å². The highest BCUT2D eigenvalue weighted by Crippen LogP contribution is 2.36. The Bertz CT molecular complexity index is 794. The number of hydrogen-bond acceptors (Lipinski definition) is 5. The van der Waals surface area contributed by atoms with Crippen LogP contribution in [0, 0.1) is 11.6 Å². The number of nitrogens with zero attached hydrogens (tertiary/aromatic N) is 1.